The molecule has 5 nitrogen and oxygen atoms in total. The highest BCUT2D eigenvalue weighted by Gasteiger charge is 2.20. The number of hydrogen-bond acceptors (Lipinski definition) is 5. The highest BCUT2D eigenvalue weighted by molar-refractivity contribution is 6.16. The van der Waals surface area contributed by atoms with E-state index < -0.39 is 0 Å². The molecule has 0 atom stereocenters. The normalized spacial score (nSPS) is 13.2. The monoisotopic (exact) mass is 322 g/mol. The number of ketones is 2. The highest BCUT2D eigenvalue weighted by Crippen LogP contribution is 2.24. The zero-order valence-corrected chi connectivity index (χ0v) is 13.5. The molecule has 0 unspecified atom stereocenters. The molecule has 5 heteroatoms. The zero-order valence-electron chi connectivity index (χ0n) is 13.5. The Morgan fingerprint density at radius 3 is 2.75 bits per heavy atom. The van der Waals surface area contributed by atoms with E-state index in [9.17, 15) is 9.59 Å². The Morgan fingerprint density at radius 2 is 2.00 bits per heavy atom. The van der Waals surface area contributed by atoms with Crippen LogP contribution in [-0.4, -0.2) is 28.9 Å². The van der Waals surface area contributed by atoms with Gasteiger partial charge >= 0.3 is 0 Å². The van der Waals surface area contributed by atoms with Crippen LogP contribution in [0.1, 0.15) is 35.7 Å². The number of hydrogen-bond donors (Lipinski definition) is 0. The van der Waals surface area contributed by atoms with Crippen LogP contribution >= 0.6 is 0 Å². The lowest BCUT2D eigenvalue weighted by molar-refractivity contribution is -0.116. The molecule has 2 heterocycles. The SMILES string of the molecule is CC(=O)CCc1ccc(OCC2=Nc3cnccc3C(=O)C2)cc1. The quantitative estimate of drug-likeness (QED) is 0.818. The van der Waals surface area contributed by atoms with Crippen molar-refractivity contribution < 1.29 is 14.3 Å². The second-order valence-electron chi connectivity index (χ2n) is 5.81. The van der Waals surface area contributed by atoms with Gasteiger partial charge in [0.15, 0.2) is 5.78 Å². The Labute approximate surface area is 140 Å². The van der Waals surface area contributed by atoms with Crippen molar-refractivity contribution in [2.45, 2.75) is 26.2 Å². The molecule has 0 bridgehead atoms. The molecule has 2 aromatic rings. The summed E-state index contributed by atoms with van der Waals surface area (Å²) in [6.07, 6.45) is 4.75. The lowest BCUT2D eigenvalue weighted by Crippen LogP contribution is -2.19. The van der Waals surface area contributed by atoms with Crippen molar-refractivity contribution in [2.75, 3.05) is 6.61 Å². The van der Waals surface area contributed by atoms with Crippen molar-refractivity contribution in [1.82, 2.24) is 4.98 Å². The van der Waals surface area contributed by atoms with Crippen LogP contribution in [0.15, 0.2) is 47.7 Å². The fourth-order valence-electron chi connectivity index (χ4n) is 2.52. The molecule has 0 radical (unpaired) electrons. The van der Waals surface area contributed by atoms with E-state index in [0.29, 0.717) is 29.1 Å². The summed E-state index contributed by atoms with van der Waals surface area (Å²) in [5.41, 5.74) is 3.01. The average Bonchev–Trinajstić information content (AvgIpc) is 2.59. The minimum absolute atomic E-state index is 0.0422. The Balaban J connectivity index is 1.61. The lowest BCUT2D eigenvalue weighted by Gasteiger charge is -2.14. The first-order valence-electron chi connectivity index (χ1n) is 7.86. The minimum atomic E-state index is 0.0422. The van der Waals surface area contributed by atoms with Crippen LogP contribution in [0.3, 0.4) is 0 Å². The number of aliphatic imine (C=N–C) groups is 1. The van der Waals surface area contributed by atoms with Crippen LogP contribution < -0.4 is 4.74 Å². The molecule has 0 fully saturated rings. The van der Waals surface area contributed by atoms with Crippen molar-refractivity contribution in [3.63, 3.8) is 0 Å². The van der Waals surface area contributed by atoms with E-state index in [1.165, 1.54) is 0 Å². The van der Waals surface area contributed by atoms with Gasteiger partial charge in [-0.2, -0.15) is 0 Å². The number of nitrogens with zero attached hydrogens (tertiary/aromatic N) is 2. The van der Waals surface area contributed by atoms with Gasteiger partial charge in [-0.15, -0.1) is 0 Å². The van der Waals surface area contributed by atoms with Crippen LogP contribution in [0, 0.1) is 0 Å². The van der Waals surface area contributed by atoms with Gasteiger partial charge in [0.05, 0.1) is 24.0 Å². The van der Waals surface area contributed by atoms with E-state index in [4.69, 9.17) is 4.74 Å². The number of ether oxygens (including phenoxy) is 1. The van der Waals surface area contributed by atoms with Gasteiger partial charge in [0, 0.05) is 18.2 Å². The first-order valence-corrected chi connectivity index (χ1v) is 7.86. The van der Waals surface area contributed by atoms with Crippen molar-refractivity contribution in [3.05, 3.63) is 53.9 Å². The molecule has 0 spiro atoms. The number of pyridine rings is 1. The molecule has 3 rings (SSSR count). The Hall–Kier alpha value is -2.82. The van der Waals surface area contributed by atoms with Crippen LogP contribution in [0.25, 0.3) is 0 Å². The van der Waals surface area contributed by atoms with Crippen molar-refractivity contribution in [3.8, 4) is 5.75 Å². The standard InChI is InChI=1S/C19H18N2O3/c1-13(22)2-3-14-4-6-16(7-5-14)24-12-15-10-19(23)17-8-9-20-11-18(17)21-15/h4-9,11H,2-3,10,12H2,1H3. The minimum Gasteiger partial charge on any atom is -0.488 e. The molecule has 0 N–H and O–H groups in total. The van der Waals surface area contributed by atoms with E-state index in [-0.39, 0.29) is 24.6 Å². The summed E-state index contributed by atoms with van der Waals surface area (Å²) in [5.74, 6) is 0.944. The Bertz CT molecular complexity index is 795. The molecule has 0 saturated carbocycles. The fourth-order valence-corrected chi connectivity index (χ4v) is 2.52. The molecular formula is C19H18N2O3. The second kappa shape index (κ2) is 7.17. The second-order valence-corrected chi connectivity index (χ2v) is 5.81. The Morgan fingerprint density at radius 1 is 1.21 bits per heavy atom. The van der Waals surface area contributed by atoms with Gasteiger partial charge in [0.2, 0.25) is 0 Å². The topological polar surface area (TPSA) is 68.6 Å². The maximum Gasteiger partial charge on any atom is 0.170 e. The number of benzene rings is 1. The van der Waals surface area contributed by atoms with Gasteiger partial charge in [-0.25, -0.2) is 0 Å². The smallest absolute Gasteiger partial charge is 0.170 e. The summed E-state index contributed by atoms with van der Waals surface area (Å²) in [5, 5.41) is 0. The molecular weight excluding hydrogens is 304 g/mol. The number of Topliss-reactive ketones (excluding diaryl/α,β-unsaturated/α-hetero) is 2. The Kier molecular flexibility index (Phi) is 4.79. The third-order valence-corrected chi connectivity index (χ3v) is 3.84. The molecule has 24 heavy (non-hydrogen) atoms. The summed E-state index contributed by atoms with van der Waals surface area (Å²) in [6, 6.07) is 9.33. The number of aromatic nitrogens is 1. The third-order valence-electron chi connectivity index (χ3n) is 3.84. The predicted molar refractivity (Wildman–Crippen MR) is 91.2 cm³/mol. The van der Waals surface area contributed by atoms with Crippen molar-refractivity contribution in [1.29, 1.82) is 0 Å². The maximum atomic E-state index is 12.1. The van der Waals surface area contributed by atoms with E-state index in [2.05, 4.69) is 9.98 Å². The number of carbonyl (C=O) groups excluding carboxylic acids is 2. The molecule has 1 aromatic carbocycles. The van der Waals surface area contributed by atoms with Crippen molar-refractivity contribution in [2.24, 2.45) is 4.99 Å². The summed E-state index contributed by atoms with van der Waals surface area (Å²) in [6.45, 7) is 1.87. The van der Waals surface area contributed by atoms with Gasteiger partial charge in [0.25, 0.3) is 0 Å². The van der Waals surface area contributed by atoms with Crippen LogP contribution in [0.5, 0.6) is 5.75 Å². The summed E-state index contributed by atoms with van der Waals surface area (Å²) in [7, 11) is 0. The first kappa shape index (κ1) is 16.1. The van der Waals surface area contributed by atoms with E-state index >= 15 is 0 Å². The predicted octanol–water partition coefficient (Wildman–Crippen LogP) is 3.34. The number of aryl methyl sites for hydroxylation is 1. The molecule has 122 valence electrons. The lowest BCUT2D eigenvalue weighted by atomic mass is 10.0. The van der Waals surface area contributed by atoms with Crippen LogP contribution in [0.4, 0.5) is 5.69 Å². The summed E-state index contributed by atoms with van der Waals surface area (Å²) in [4.78, 5) is 31.5. The highest BCUT2D eigenvalue weighted by atomic mass is 16.5. The third kappa shape index (κ3) is 3.93. The first-order chi connectivity index (χ1) is 11.6. The molecule has 1 aromatic heterocycles. The van der Waals surface area contributed by atoms with E-state index in [1.54, 1.807) is 25.4 Å². The van der Waals surface area contributed by atoms with Crippen molar-refractivity contribution >= 4 is 23.0 Å². The van der Waals surface area contributed by atoms with Gasteiger partial charge < -0.3 is 9.53 Å². The van der Waals surface area contributed by atoms with Gasteiger partial charge in [-0.1, -0.05) is 12.1 Å². The summed E-state index contributed by atoms with van der Waals surface area (Å²) < 4.78 is 5.72. The van der Waals surface area contributed by atoms with Gasteiger partial charge in [0.1, 0.15) is 18.1 Å². The van der Waals surface area contributed by atoms with Gasteiger partial charge in [-0.05, 0) is 37.1 Å². The maximum absolute atomic E-state index is 12.1. The van der Waals surface area contributed by atoms with Crippen LogP contribution in [0.2, 0.25) is 0 Å². The van der Waals surface area contributed by atoms with E-state index in [0.717, 1.165) is 12.0 Å². The number of fused-ring (bicyclic) bond motifs is 1. The molecule has 0 amide bonds. The molecule has 0 saturated heterocycles. The number of carbonyl (C=O) groups is 2. The zero-order chi connectivity index (χ0) is 16.9. The summed E-state index contributed by atoms with van der Waals surface area (Å²) >= 11 is 0. The van der Waals surface area contributed by atoms with E-state index in [1.807, 2.05) is 24.3 Å². The van der Waals surface area contributed by atoms with Crippen LogP contribution in [-0.2, 0) is 11.2 Å². The van der Waals surface area contributed by atoms with Gasteiger partial charge in [-0.3, -0.25) is 14.8 Å². The fraction of sp³-hybridized carbons (Fsp3) is 0.263. The molecule has 0 aliphatic carbocycles. The molecule has 1 aliphatic heterocycles. The number of rotatable bonds is 6. The average molecular weight is 322 g/mol. The largest absolute Gasteiger partial charge is 0.488 e. The molecule has 1 aliphatic rings.